The fourth-order valence-corrected chi connectivity index (χ4v) is 3.14. The second-order valence-corrected chi connectivity index (χ2v) is 6.60. The lowest BCUT2D eigenvalue weighted by molar-refractivity contribution is -0.895. The molecule has 0 spiro atoms. The Hall–Kier alpha value is -2.45. The summed E-state index contributed by atoms with van der Waals surface area (Å²) in [7, 11) is 0. The molecule has 138 valence electrons. The van der Waals surface area contributed by atoms with Gasteiger partial charge in [-0.15, -0.1) is 0 Å². The van der Waals surface area contributed by atoms with Crippen LogP contribution in [-0.4, -0.2) is 48.6 Å². The molecular weight excluding hydrogens is 355 g/mol. The Labute approximate surface area is 157 Å². The van der Waals surface area contributed by atoms with E-state index >= 15 is 0 Å². The van der Waals surface area contributed by atoms with Crippen molar-refractivity contribution in [3.8, 4) is 0 Å². The standard InChI is InChI=1S/C18H21FN4O2S/c19-14-3-1-4-15(11-14)21-17(24)13-22-6-8-23(9-7-22)18(26)20-12-16-5-2-10-25-16/h1-5,10-11H,6-9,12-13H2,(H,20,26)(H,21,24)/p+1. The second kappa shape index (κ2) is 8.77. The van der Waals surface area contributed by atoms with Gasteiger partial charge in [-0.2, -0.15) is 0 Å². The topological polar surface area (TPSA) is 62.0 Å². The highest BCUT2D eigenvalue weighted by atomic mass is 32.1. The van der Waals surface area contributed by atoms with Gasteiger partial charge in [0.1, 0.15) is 11.6 Å². The molecule has 0 bridgehead atoms. The number of hydrogen-bond acceptors (Lipinski definition) is 3. The number of furan rings is 1. The van der Waals surface area contributed by atoms with Crippen LogP contribution in [0.4, 0.5) is 10.1 Å². The van der Waals surface area contributed by atoms with Crippen molar-refractivity contribution >= 4 is 28.9 Å². The zero-order valence-electron chi connectivity index (χ0n) is 14.3. The van der Waals surface area contributed by atoms with Gasteiger partial charge >= 0.3 is 0 Å². The van der Waals surface area contributed by atoms with Gasteiger partial charge in [-0.3, -0.25) is 4.79 Å². The number of nitrogens with one attached hydrogen (secondary N) is 3. The first-order chi connectivity index (χ1) is 12.6. The van der Waals surface area contributed by atoms with Gasteiger partial charge in [0.25, 0.3) is 5.91 Å². The molecule has 3 N–H and O–H groups in total. The van der Waals surface area contributed by atoms with Gasteiger partial charge in [0.15, 0.2) is 11.7 Å². The fourth-order valence-electron chi connectivity index (χ4n) is 2.89. The Bertz CT molecular complexity index is 745. The summed E-state index contributed by atoms with van der Waals surface area (Å²) in [6, 6.07) is 9.66. The van der Waals surface area contributed by atoms with E-state index in [1.54, 1.807) is 18.4 Å². The molecule has 0 aliphatic carbocycles. The predicted molar refractivity (Wildman–Crippen MR) is 100 cm³/mol. The number of anilines is 1. The van der Waals surface area contributed by atoms with Gasteiger partial charge in [-0.25, -0.2) is 4.39 Å². The second-order valence-electron chi connectivity index (χ2n) is 6.21. The number of piperazine rings is 1. The van der Waals surface area contributed by atoms with E-state index in [9.17, 15) is 9.18 Å². The molecule has 1 fully saturated rings. The van der Waals surface area contributed by atoms with Crippen molar-refractivity contribution in [3.63, 3.8) is 0 Å². The molecule has 2 heterocycles. The summed E-state index contributed by atoms with van der Waals surface area (Å²) in [5, 5.41) is 6.62. The highest BCUT2D eigenvalue weighted by Crippen LogP contribution is 2.08. The van der Waals surface area contributed by atoms with Crippen LogP contribution in [0.1, 0.15) is 5.76 Å². The first kappa shape index (κ1) is 18.3. The summed E-state index contributed by atoms with van der Waals surface area (Å²) in [6.45, 7) is 4.13. The number of benzene rings is 1. The number of thiocarbonyl (C=S) groups is 1. The largest absolute Gasteiger partial charge is 0.467 e. The van der Waals surface area contributed by atoms with Crippen molar-refractivity contribution in [2.75, 3.05) is 38.0 Å². The Balaban J connectivity index is 1.39. The number of hydrogen-bond donors (Lipinski definition) is 3. The summed E-state index contributed by atoms with van der Waals surface area (Å²) in [4.78, 5) is 15.4. The molecule has 1 aliphatic rings. The quantitative estimate of drug-likeness (QED) is 0.668. The van der Waals surface area contributed by atoms with Crippen LogP contribution in [0.2, 0.25) is 0 Å². The van der Waals surface area contributed by atoms with Crippen LogP contribution < -0.4 is 15.5 Å². The molecule has 1 amide bonds. The van der Waals surface area contributed by atoms with Gasteiger partial charge in [-0.1, -0.05) is 6.07 Å². The summed E-state index contributed by atoms with van der Waals surface area (Å²) in [6.07, 6.45) is 1.64. The molecule has 8 heteroatoms. The summed E-state index contributed by atoms with van der Waals surface area (Å²) in [5.74, 6) is 0.363. The first-order valence-electron chi connectivity index (χ1n) is 8.54. The Morgan fingerprint density at radius 2 is 2.08 bits per heavy atom. The smallest absolute Gasteiger partial charge is 0.279 e. The fraction of sp³-hybridized carbons (Fsp3) is 0.333. The van der Waals surface area contributed by atoms with Crippen molar-refractivity contribution in [2.24, 2.45) is 0 Å². The number of carbonyl (C=O) groups excluding carboxylic acids is 1. The molecule has 1 aliphatic heterocycles. The van der Waals surface area contributed by atoms with E-state index in [-0.39, 0.29) is 11.7 Å². The number of halogens is 1. The van der Waals surface area contributed by atoms with Gasteiger partial charge < -0.3 is 24.9 Å². The predicted octanol–water partition coefficient (Wildman–Crippen LogP) is 0.632. The van der Waals surface area contributed by atoms with E-state index in [4.69, 9.17) is 16.6 Å². The molecule has 0 atom stereocenters. The Kier molecular flexibility index (Phi) is 6.19. The van der Waals surface area contributed by atoms with Crippen molar-refractivity contribution in [1.82, 2.24) is 10.2 Å². The Morgan fingerprint density at radius 3 is 2.77 bits per heavy atom. The van der Waals surface area contributed by atoms with Crippen LogP contribution in [0, 0.1) is 5.82 Å². The van der Waals surface area contributed by atoms with Crippen LogP contribution in [0.5, 0.6) is 0 Å². The van der Waals surface area contributed by atoms with E-state index < -0.39 is 0 Å². The maximum absolute atomic E-state index is 13.2. The zero-order chi connectivity index (χ0) is 18.4. The van der Waals surface area contributed by atoms with Crippen molar-refractivity contribution in [2.45, 2.75) is 6.54 Å². The van der Waals surface area contributed by atoms with Crippen LogP contribution in [0.25, 0.3) is 0 Å². The summed E-state index contributed by atoms with van der Waals surface area (Å²) in [5.41, 5.74) is 0.483. The molecular formula is C18H22FN4O2S+. The third kappa shape index (κ3) is 5.27. The van der Waals surface area contributed by atoms with Crippen molar-refractivity contribution in [3.05, 3.63) is 54.2 Å². The van der Waals surface area contributed by atoms with Gasteiger partial charge in [-0.05, 0) is 42.5 Å². The minimum absolute atomic E-state index is 0.113. The van der Waals surface area contributed by atoms with Crippen molar-refractivity contribution in [1.29, 1.82) is 0 Å². The number of amides is 1. The first-order valence-corrected chi connectivity index (χ1v) is 8.95. The number of quaternary nitrogens is 1. The van der Waals surface area contributed by atoms with E-state index in [1.165, 1.54) is 17.0 Å². The van der Waals surface area contributed by atoms with Crippen molar-refractivity contribution < 1.29 is 18.5 Å². The maximum atomic E-state index is 13.2. The SMILES string of the molecule is O=C(C[NH+]1CCN(C(=S)NCc2ccco2)CC1)Nc1cccc(F)c1. The van der Waals surface area contributed by atoms with E-state index in [1.807, 2.05) is 12.1 Å². The van der Waals surface area contributed by atoms with E-state index in [0.29, 0.717) is 23.9 Å². The maximum Gasteiger partial charge on any atom is 0.279 e. The summed E-state index contributed by atoms with van der Waals surface area (Å²) >= 11 is 5.42. The number of carbonyl (C=O) groups is 1. The third-order valence-electron chi connectivity index (χ3n) is 4.27. The van der Waals surface area contributed by atoms with E-state index in [0.717, 1.165) is 31.9 Å². The van der Waals surface area contributed by atoms with Crippen LogP contribution >= 0.6 is 12.2 Å². The lowest BCUT2D eigenvalue weighted by Crippen LogP contribution is -3.15. The molecule has 0 unspecified atom stereocenters. The molecule has 6 nitrogen and oxygen atoms in total. The average molecular weight is 377 g/mol. The molecule has 1 aromatic carbocycles. The minimum Gasteiger partial charge on any atom is -0.467 e. The third-order valence-corrected chi connectivity index (χ3v) is 4.67. The molecule has 0 radical (unpaired) electrons. The number of nitrogens with zero attached hydrogens (tertiary/aromatic N) is 1. The number of rotatable bonds is 5. The van der Waals surface area contributed by atoms with E-state index in [2.05, 4.69) is 15.5 Å². The molecule has 1 aromatic heterocycles. The lowest BCUT2D eigenvalue weighted by Gasteiger charge is -2.33. The minimum atomic E-state index is -0.362. The molecule has 3 rings (SSSR count). The normalized spacial score (nSPS) is 14.9. The summed E-state index contributed by atoms with van der Waals surface area (Å²) < 4.78 is 18.4. The van der Waals surface area contributed by atoms with Gasteiger partial charge in [0, 0.05) is 5.69 Å². The van der Waals surface area contributed by atoms with Crippen LogP contribution in [-0.2, 0) is 11.3 Å². The van der Waals surface area contributed by atoms with Crippen LogP contribution in [0.15, 0.2) is 47.1 Å². The zero-order valence-corrected chi connectivity index (χ0v) is 15.2. The molecule has 1 saturated heterocycles. The molecule has 26 heavy (non-hydrogen) atoms. The average Bonchev–Trinajstić information content (AvgIpc) is 3.14. The lowest BCUT2D eigenvalue weighted by atomic mass is 10.3. The van der Waals surface area contributed by atoms with Crippen LogP contribution in [0.3, 0.4) is 0 Å². The van der Waals surface area contributed by atoms with Gasteiger partial charge in [0.05, 0.1) is 39.0 Å². The Morgan fingerprint density at radius 1 is 1.27 bits per heavy atom. The molecule has 2 aromatic rings. The highest BCUT2D eigenvalue weighted by Gasteiger charge is 2.23. The van der Waals surface area contributed by atoms with Gasteiger partial charge in [0.2, 0.25) is 0 Å². The molecule has 0 saturated carbocycles. The highest BCUT2D eigenvalue weighted by molar-refractivity contribution is 7.80. The monoisotopic (exact) mass is 377 g/mol.